The number of aromatic amines is 1. The van der Waals surface area contributed by atoms with Crippen molar-refractivity contribution in [2.45, 2.75) is 13.3 Å². The fourth-order valence-electron chi connectivity index (χ4n) is 3.32. The maximum Gasteiger partial charge on any atom is 0.261 e. The Morgan fingerprint density at radius 3 is 2.53 bits per heavy atom. The van der Waals surface area contributed by atoms with Crippen LogP contribution < -0.4 is 10.0 Å². The highest BCUT2D eigenvalue weighted by Crippen LogP contribution is 2.28. The quantitative estimate of drug-likeness (QED) is 0.355. The number of sulfonamides is 1. The molecule has 176 valence electrons. The Morgan fingerprint density at radius 1 is 1.09 bits per heavy atom. The average Bonchev–Trinajstić information content (AvgIpc) is 3.19. The highest BCUT2D eigenvalue weighted by Gasteiger charge is 2.23. The van der Waals surface area contributed by atoms with E-state index in [1.54, 1.807) is 6.92 Å². The molecule has 0 aliphatic heterocycles. The Morgan fingerprint density at radius 2 is 1.82 bits per heavy atom. The largest absolute Gasteiger partial charge is 0.320 e. The minimum atomic E-state index is -3.86. The van der Waals surface area contributed by atoms with Crippen molar-refractivity contribution in [3.8, 4) is 11.3 Å². The van der Waals surface area contributed by atoms with Crippen LogP contribution in [0.3, 0.4) is 0 Å². The highest BCUT2D eigenvalue weighted by molar-refractivity contribution is 7.92. The number of rotatable bonds is 7. The Hall–Kier alpha value is -3.93. The van der Waals surface area contributed by atoms with Gasteiger partial charge in [0.2, 0.25) is 10.0 Å². The summed E-state index contributed by atoms with van der Waals surface area (Å²) in [6.45, 7) is 1.63. The Labute approximate surface area is 192 Å². The summed E-state index contributed by atoms with van der Waals surface area (Å²) < 4.78 is 68.4. The summed E-state index contributed by atoms with van der Waals surface area (Å²) in [6.07, 6.45) is 1.55. The van der Waals surface area contributed by atoms with Crippen LogP contribution in [0.2, 0.25) is 0 Å². The molecular formula is C22H18F3N5O3S. The molecule has 0 saturated heterocycles. The van der Waals surface area contributed by atoms with Crippen LogP contribution in [0.4, 0.5) is 24.5 Å². The van der Waals surface area contributed by atoms with Crippen molar-refractivity contribution in [2.24, 2.45) is 0 Å². The molecule has 2 aromatic carbocycles. The van der Waals surface area contributed by atoms with E-state index < -0.39 is 44.6 Å². The molecule has 12 heteroatoms. The van der Waals surface area contributed by atoms with Gasteiger partial charge in [-0.2, -0.15) is 5.10 Å². The van der Waals surface area contributed by atoms with Gasteiger partial charge in [-0.05, 0) is 48.9 Å². The molecule has 2 heterocycles. The van der Waals surface area contributed by atoms with E-state index in [0.29, 0.717) is 22.3 Å². The van der Waals surface area contributed by atoms with Crippen LogP contribution in [0.25, 0.3) is 22.3 Å². The maximum absolute atomic E-state index is 14.9. The fourth-order valence-corrected chi connectivity index (χ4v) is 4.45. The number of hydrogen-bond donors (Lipinski definition) is 3. The SMILES string of the molecule is CCCS(=O)(=O)Nc1ccc(F)c(C(=O)Nc2cnc3[nH]nc(-c4ccc(F)cc4)c3c2)c1F. The van der Waals surface area contributed by atoms with Crippen molar-refractivity contribution in [3.05, 3.63) is 71.7 Å². The normalized spacial score (nSPS) is 11.5. The molecule has 0 unspecified atom stereocenters. The second-order valence-corrected chi connectivity index (χ2v) is 9.20. The van der Waals surface area contributed by atoms with Gasteiger partial charge in [-0.1, -0.05) is 6.92 Å². The topological polar surface area (TPSA) is 117 Å². The molecule has 0 aliphatic carbocycles. The predicted molar refractivity (Wildman–Crippen MR) is 121 cm³/mol. The number of amides is 1. The monoisotopic (exact) mass is 489 g/mol. The molecular weight excluding hydrogens is 471 g/mol. The number of anilines is 2. The summed E-state index contributed by atoms with van der Waals surface area (Å²) in [4.78, 5) is 16.8. The second-order valence-electron chi connectivity index (χ2n) is 7.36. The van der Waals surface area contributed by atoms with Crippen molar-refractivity contribution >= 4 is 38.3 Å². The van der Waals surface area contributed by atoms with E-state index in [1.165, 1.54) is 36.5 Å². The average molecular weight is 489 g/mol. The third-order valence-corrected chi connectivity index (χ3v) is 6.33. The lowest BCUT2D eigenvalue weighted by Gasteiger charge is -2.12. The molecule has 4 aromatic rings. The fraction of sp³-hybridized carbons (Fsp3) is 0.136. The minimum Gasteiger partial charge on any atom is -0.320 e. The smallest absolute Gasteiger partial charge is 0.261 e. The molecule has 8 nitrogen and oxygen atoms in total. The third kappa shape index (κ3) is 4.71. The summed E-state index contributed by atoms with van der Waals surface area (Å²) in [6, 6.07) is 8.77. The van der Waals surface area contributed by atoms with Gasteiger partial charge in [0.1, 0.15) is 22.9 Å². The van der Waals surface area contributed by atoms with Crippen LogP contribution in [-0.2, 0) is 10.0 Å². The van der Waals surface area contributed by atoms with Gasteiger partial charge in [-0.15, -0.1) is 0 Å². The summed E-state index contributed by atoms with van der Waals surface area (Å²) in [5, 5.41) is 9.72. The number of carbonyl (C=O) groups excluding carboxylic acids is 1. The molecule has 0 spiro atoms. The summed E-state index contributed by atoms with van der Waals surface area (Å²) in [5.41, 5.74) is 0.00941. The van der Waals surface area contributed by atoms with Gasteiger partial charge in [-0.25, -0.2) is 26.6 Å². The first-order valence-electron chi connectivity index (χ1n) is 10.1. The molecule has 4 rings (SSSR count). The van der Waals surface area contributed by atoms with Crippen LogP contribution in [0.15, 0.2) is 48.7 Å². The number of benzene rings is 2. The number of nitrogens with zero attached hydrogens (tertiary/aromatic N) is 2. The number of halogens is 3. The van der Waals surface area contributed by atoms with E-state index in [0.717, 1.165) is 12.1 Å². The van der Waals surface area contributed by atoms with Gasteiger partial charge in [0.15, 0.2) is 11.5 Å². The van der Waals surface area contributed by atoms with Gasteiger partial charge in [-0.3, -0.25) is 14.6 Å². The molecule has 34 heavy (non-hydrogen) atoms. The van der Waals surface area contributed by atoms with Crippen molar-refractivity contribution in [2.75, 3.05) is 15.8 Å². The molecule has 0 saturated carbocycles. The van der Waals surface area contributed by atoms with E-state index in [1.807, 2.05) is 4.72 Å². The molecule has 0 aliphatic rings. The van der Waals surface area contributed by atoms with Crippen LogP contribution >= 0.6 is 0 Å². The number of hydrogen-bond acceptors (Lipinski definition) is 5. The van der Waals surface area contributed by atoms with Crippen molar-refractivity contribution in [3.63, 3.8) is 0 Å². The van der Waals surface area contributed by atoms with E-state index >= 15 is 0 Å². The number of carbonyl (C=O) groups is 1. The number of pyridine rings is 1. The molecule has 0 fully saturated rings. The zero-order valence-corrected chi connectivity index (χ0v) is 18.5. The van der Waals surface area contributed by atoms with E-state index in [-0.39, 0.29) is 17.9 Å². The van der Waals surface area contributed by atoms with Gasteiger partial charge in [0.05, 0.1) is 23.3 Å². The summed E-state index contributed by atoms with van der Waals surface area (Å²) in [7, 11) is -3.86. The Kier molecular flexibility index (Phi) is 6.24. The van der Waals surface area contributed by atoms with E-state index in [4.69, 9.17) is 0 Å². The van der Waals surface area contributed by atoms with Gasteiger partial charge in [0.25, 0.3) is 5.91 Å². The lowest BCUT2D eigenvalue weighted by atomic mass is 10.1. The Balaban J connectivity index is 1.65. The first-order valence-corrected chi connectivity index (χ1v) is 11.7. The Bertz CT molecular complexity index is 1490. The number of fused-ring (bicyclic) bond motifs is 1. The second kappa shape index (κ2) is 9.14. The van der Waals surface area contributed by atoms with Gasteiger partial charge in [0, 0.05) is 10.9 Å². The van der Waals surface area contributed by atoms with Crippen LogP contribution in [-0.4, -0.2) is 35.3 Å². The summed E-state index contributed by atoms with van der Waals surface area (Å²) >= 11 is 0. The number of aromatic nitrogens is 3. The standard InChI is InChI=1S/C22H18F3N5O3S/c1-2-9-34(32,33)30-17-8-7-16(24)18(19(17)25)22(31)27-14-10-15-20(28-29-21(15)26-11-14)12-3-5-13(23)6-4-12/h3-8,10-11,30H,2,9H2,1H3,(H,27,31)(H,26,28,29). The molecule has 2 aromatic heterocycles. The zero-order valence-electron chi connectivity index (χ0n) is 17.7. The summed E-state index contributed by atoms with van der Waals surface area (Å²) in [5.74, 6) is -4.34. The van der Waals surface area contributed by atoms with Crippen molar-refractivity contribution in [1.29, 1.82) is 0 Å². The lowest BCUT2D eigenvalue weighted by Crippen LogP contribution is -2.20. The van der Waals surface area contributed by atoms with Crippen LogP contribution in [0.5, 0.6) is 0 Å². The predicted octanol–water partition coefficient (Wildman–Crippen LogP) is 4.45. The first kappa shape index (κ1) is 23.2. The molecule has 0 radical (unpaired) electrons. The van der Waals surface area contributed by atoms with E-state index in [9.17, 15) is 26.4 Å². The van der Waals surface area contributed by atoms with Crippen LogP contribution in [0, 0.1) is 17.5 Å². The zero-order chi connectivity index (χ0) is 24.5. The molecule has 0 atom stereocenters. The number of H-pyrrole nitrogens is 1. The maximum atomic E-state index is 14.9. The van der Waals surface area contributed by atoms with Gasteiger partial charge < -0.3 is 5.32 Å². The molecule has 0 bridgehead atoms. The first-order chi connectivity index (χ1) is 16.2. The van der Waals surface area contributed by atoms with Crippen LogP contribution in [0.1, 0.15) is 23.7 Å². The third-order valence-electron chi connectivity index (χ3n) is 4.85. The molecule has 1 amide bonds. The van der Waals surface area contributed by atoms with Gasteiger partial charge >= 0.3 is 0 Å². The highest BCUT2D eigenvalue weighted by atomic mass is 32.2. The number of nitrogens with one attached hydrogen (secondary N) is 3. The minimum absolute atomic E-state index is 0.109. The lowest BCUT2D eigenvalue weighted by molar-refractivity contribution is 0.101. The van der Waals surface area contributed by atoms with E-state index in [2.05, 4.69) is 20.5 Å². The van der Waals surface area contributed by atoms with Crippen molar-refractivity contribution < 1.29 is 26.4 Å². The molecule has 3 N–H and O–H groups in total. The van der Waals surface area contributed by atoms with Crippen molar-refractivity contribution in [1.82, 2.24) is 15.2 Å².